The van der Waals surface area contributed by atoms with Gasteiger partial charge < -0.3 is 4.90 Å². The van der Waals surface area contributed by atoms with Crippen LogP contribution in [0.5, 0.6) is 0 Å². The van der Waals surface area contributed by atoms with Gasteiger partial charge in [0.05, 0.1) is 16.8 Å². The number of amides is 2. The lowest BCUT2D eigenvalue weighted by molar-refractivity contribution is 0.0626. The molecule has 0 spiro atoms. The summed E-state index contributed by atoms with van der Waals surface area (Å²) in [6.07, 6.45) is 4.04. The minimum atomic E-state index is -0.407. The fraction of sp³-hybridized carbons (Fsp3) is 0.167. The van der Waals surface area contributed by atoms with Crippen molar-refractivity contribution < 1.29 is 9.59 Å². The summed E-state index contributed by atoms with van der Waals surface area (Å²) in [5, 5.41) is 0.628. The zero-order valence-electron chi connectivity index (χ0n) is 24.4. The second kappa shape index (κ2) is 13.1. The van der Waals surface area contributed by atoms with Crippen molar-refractivity contribution >= 4 is 22.7 Å². The van der Waals surface area contributed by atoms with Crippen LogP contribution in [0.25, 0.3) is 22.2 Å². The van der Waals surface area contributed by atoms with Crippen LogP contribution >= 0.6 is 0 Å². The van der Waals surface area contributed by atoms with Crippen molar-refractivity contribution in [2.45, 2.75) is 39.3 Å². The van der Waals surface area contributed by atoms with E-state index in [9.17, 15) is 9.59 Å². The molecule has 0 aliphatic heterocycles. The van der Waals surface area contributed by atoms with E-state index in [1.807, 2.05) is 85.5 Å². The van der Waals surface area contributed by atoms with Crippen LogP contribution in [-0.2, 0) is 6.42 Å². The number of aromatic nitrogens is 2. The van der Waals surface area contributed by atoms with E-state index in [0.29, 0.717) is 27.7 Å². The summed E-state index contributed by atoms with van der Waals surface area (Å²) in [5.41, 5.74) is 8.24. The lowest BCUT2D eigenvalue weighted by Gasteiger charge is -2.33. The summed E-state index contributed by atoms with van der Waals surface area (Å²) in [6.45, 7) is 6.20. The first-order valence-corrected chi connectivity index (χ1v) is 14.2. The van der Waals surface area contributed by atoms with Gasteiger partial charge in [-0.25, -0.2) is 10.8 Å². The third kappa shape index (κ3) is 6.78. The summed E-state index contributed by atoms with van der Waals surface area (Å²) in [7, 11) is 0. The molecule has 0 radical (unpaired) electrons. The smallest absolute Gasteiger partial charge is 0.265 e. The number of nitrogens with zero attached hydrogens (tertiary/aromatic N) is 3. The van der Waals surface area contributed by atoms with Crippen LogP contribution in [0.2, 0.25) is 0 Å². The molecular weight excluding hydrogens is 534 g/mol. The molecule has 1 atom stereocenters. The highest BCUT2D eigenvalue weighted by atomic mass is 16.2. The van der Waals surface area contributed by atoms with E-state index in [2.05, 4.69) is 41.3 Å². The van der Waals surface area contributed by atoms with Gasteiger partial charge in [0.15, 0.2) is 0 Å². The Balaban J connectivity index is 1.30. The maximum atomic E-state index is 13.5. The molecule has 0 saturated heterocycles. The summed E-state index contributed by atoms with van der Waals surface area (Å²) in [6, 6.07) is 29.0. The van der Waals surface area contributed by atoms with Crippen LogP contribution in [0.3, 0.4) is 0 Å². The Morgan fingerprint density at radius 3 is 2.16 bits per heavy atom. The topological polar surface area (TPSA) is 101 Å². The van der Waals surface area contributed by atoms with Crippen molar-refractivity contribution in [3.8, 4) is 23.1 Å². The standard InChI is InChI=1S/C36H33N5O2/c1-24(2)41(25(3)21-28-7-5-4-6-8-28)36(43)30-17-13-27(14-18-30)10-9-26-11-15-29(16-12-26)34-22-31(35(42)40-37)32-23-38-20-19-33(32)39-34/h4-8,11-20,22-25H,21,37H2,1-3H3,(H,40,42). The average molecular weight is 568 g/mol. The Kier molecular flexibility index (Phi) is 8.90. The van der Waals surface area contributed by atoms with Gasteiger partial charge in [-0.3, -0.25) is 20.0 Å². The average Bonchev–Trinajstić information content (AvgIpc) is 3.03. The molecule has 0 aliphatic carbocycles. The molecule has 2 aromatic heterocycles. The molecule has 214 valence electrons. The lowest BCUT2D eigenvalue weighted by Crippen LogP contribution is -2.44. The van der Waals surface area contributed by atoms with E-state index < -0.39 is 5.91 Å². The van der Waals surface area contributed by atoms with Crippen LogP contribution in [0.1, 0.15) is 58.2 Å². The van der Waals surface area contributed by atoms with Crippen LogP contribution in [-0.4, -0.2) is 38.8 Å². The van der Waals surface area contributed by atoms with E-state index in [1.54, 1.807) is 24.5 Å². The molecule has 7 heteroatoms. The fourth-order valence-electron chi connectivity index (χ4n) is 5.19. The molecule has 2 amide bonds. The first-order chi connectivity index (χ1) is 20.8. The van der Waals surface area contributed by atoms with E-state index in [4.69, 9.17) is 10.8 Å². The number of hydrazine groups is 1. The van der Waals surface area contributed by atoms with Gasteiger partial charge in [0.25, 0.3) is 11.8 Å². The third-order valence-electron chi connectivity index (χ3n) is 7.29. The maximum Gasteiger partial charge on any atom is 0.265 e. The van der Waals surface area contributed by atoms with Gasteiger partial charge in [0, 0.05) is 52.1 Å². The second-order valence-electron chi connectivity index (χ2n) is 10.7. The zero-order chi connectivity index (χ0) is 30.3. The number of rotatable bonds is 7. The predicted octanol–water partition coefficient (Wildman–Crippen LogP) is 5.78. The minimum Gasteiger partial charge on any atom is -0.333 e. The largest absolute Gasteiger partial charge is 0.333 e. The zero-order valence-corrected chi connectivity index (χ0v) is 24.4. The van der Waals surface area contributed by atoms with Gasteiger partial charge in [-0.2, -0.15) is 0 Å². The Morgan fingerprint density at radius 2 is 1.53 bits per heavy atom. The molecule has 5 rings (SSSR count). The number of pyridine rings is 2. The first kappa shape index (κ1) is 29.2. The van der Waals surface area contributed by atoms with Gasteiger partial charge >= 0.3 is 0 Å². The molecule has 3 N–H and O–H groups in total. The SMILES string of the molecule is CC(C)N(C(=O)c1ccc(C#Cc2ccc(-c3cc(C(=O)NN)c4cnccc4n3)cc2)cc1)C(C)Cc1ccccc1. The summed E-state index contributed by atoms with van der Waals surface area (Å²) >= 11 is 0. The van der Waals surface area contributed by atoms with Crippen molar-refractivity contribution in [1.82, 2.24) is 20.3 Å². The lowest BCUT2D eigenvalue weighted by atomic mass is 10.0. The van der Waals surface area contributed by atoms with E-state index >= 15 is 0 Å². The second-order valence-corrected chi connectivity index (χ2v) is 10.7. The molecular formula is C36H33N5O2. The molecule has 0 fully saturated rings. The van der Waals surface area contributed by atoms with Crippen molar-refractivity contribution in [3.05, 3.63) is 131 Å². The van der Waals surface area contributed by atoms with Gasteiger partial charge in [-0.05, 0) is 81.3 Å². The van der Waals surface area contributed by atoms with Crippen molar-refractivity contribution in [1.29, 1.82) is 0 Å². The Bertz CT molecular complexity index is 1810. The number of benzene rings is 3. The predicted molar refractivity (Wildman–Crippen MR) is 170 cm³/mol. The molecule has 2 heterocycles. The fourth-order valence-corrected chi connectivity index (χ4v) is 5.19. The normalized spacial score (nSPS) is 11.5. The number of hydrogen-bond acceptors (Lipinski definition) is 5. The summed E-state index contributed by atoms with van der Waals surface area (Å²) in [4.78, 5) is 36.6. The Morgan fingerprint density at radius 1 is 0.884 bits per heavy atom. The number of nitrogen functional groups attached to an aromatic ring is 1. The highest BCUT2D eigenvalue weighted by Gasteiger charge is 2.24. The van der Waals surface area contributed by atoms with E-state index in [-0.39, 0.29) is 18.0 Å². The molecule has 0 saturated carbocycles. The number of nitrogens with two attached hydrogens (primary N) is 1. The maximum absolute atomic E-state index is 13.5. The van der Waals surface area contributed by atoms with Gasteiger partial charge in [0.2, 0.25) is 0 Å². The highest BCUT2D eigenvalue weighted by molar-refractivity contribution is 6.06. The summed E-state index contributed by atoms with van der Waals surface area (Å²) in [5.74, 6) is 11.4. The molecule has 1 unspecified atom stereocenters. The van der Waals surface area contributed by atoms with Crippen molar-refractivity contribution in [2.24, 2.45) is 5.84 Å². The molecule has 0 bridgehead atoms. The van der Waals surface area contributed by atoms with Gasteiger partial charge in [0.1, 0.15) is 0 Å². The van der Waals surface area contributed by atoms with E-state index in [1.165, 1.54) is 5.56 Å². The number of carbonyl (C=O) groups excluding carboxylic acids is 2. The number of hydrogen-bond donors (Lipinski definition) is 2. The van der Waals surface area contributed by atoms with Crippen molar-refractivity contribution in [3.63, 3.8) is 0 Å². The highest BCUT2D eigenvalue weighted by Crippen LogP contribution is 2.25. The Hall–Kier alpha value is -5.32. The first-order valence-electron chi connectivity index (χ1n) is 14.2. The number of carbonyl (C=O) groups is 2. The molecule has 5 aromatic rings. The number of nitrogens with one attached hydrogen (secondary N) is 1. The minimum absolute atomic E-state index is 0.0131. The van der Waals surface area contributed by atoms with E-state index in [0.717, 1.165) is 23.1 Å². The van der Waals surface area contributed by atoms with Gasteiger partial charge in [-0.15, -0.1) is 0 Å². The van der Waals surface area contributed by atoms with Gasteiger partial charge in [-0.1, -0.05) is 54.3 Å². The molecule has 7 nitrogen and oxygen atoms in total. The molecule has 0 aliphatic rings. The van der Waals surface area contributed by atoms with Crippen LogP contribution in [0, 0.1) is 11.8 Å². The number of fused-ring (bicyclic) bond motifs is 1. The van der Waals surface area contributed by atoms with Crippen LogP contribution in [0.4, 0.5) is 0 Å². The molecule has 3 aromatic carbocycles. The van der Waals surface area contributed by atoms with Crippen LogP contribution in [0.15, 0.2) is 103 Å². The Labute approximate surface area is 251 Å². The molecule has 43 heavy (non-hydrogen) atoms. The monoisotopic (exact) mass is 567 g/mol. The van der Waals surface area contributed by atoms with Crippen LogP contribution < -0.4 is 11.3 Å². The van der Waals surface area contributed by atoms with Crippen molar-refractivity contribution in [2.75, 3.05) is 0 Å². The quantitative estimate of drug-likeness (QED) is 0.112. The summed E-state index contributed by atoms with van der Waals surface area (Å²) < 4.78 is 0. The third-order valence-corrected chi connectivity index (χ3v) is 7.29.